The van der Waals surface area contributed by atoms with Crippen LogP contribution in [0.4, 0.5) is 17.1 Å². The van der Waals surface area contributed by atoms with Crippen LogP contribution in [0.1, 0.15) is 226 Å². The third-order valence-electron chi connectivity index (χ3n) is 21.0. The average Bonchev–Trinajstić information content (AvgIpc) is 1.58. The number of H-pyrrole nitrogens is 2. The van der Waals surface area contributed by atoms with Crippen molar-refractivity contribution in [3.63, 3.8) is 0 Å². The van der Waals surface area contributed by atoms with Crippen LogP contribution in [-0.2, 0) is 0 Å². The predicted octanol–water partition coefficient (Wildman–Crippen LogP) is 28.6. The highest BCUT2D eigenvalue weighted by atomic mass is 32.1. The molecule has 11 aromatic rings. The first-order valence-electron chi connectivity index (χ1n) is 41.2. The number of fused-ring (bicyclic) bond motifs is 8. The molecule has 11 nitrogen and oxygen atoms in total. The number of carboxylic acid groups (broad SMARTS) is 1. The predicted molar refractivity (Wildman–Crippen MR) is 471 cm³/mol. The Bertz CT molecular complexity index is 4930. The van der Waals surface area contributed by atoms with Gasteiger partial charge in [0.1, 0.15) is 23.0 Å². The molecule has 13 rings (SSSR count). The zero-order chi connectivity index (χ0) is 77.1. The fraction of sp³-hybridized carbons (Fsp3) is 0.323. The number of carbonyl (C=O) groups is 1. The summed E-state index contributed by atoms with van der Waals surface area (Å²) < 4.78 is 28.2. The van der Waals surface area contributed by atoms with Crippen LogP contribution in [0.25, 0.3) is 101 Å². The van der Waals surface area contributed by atoms with E-state index in [1.165, 1.54) is 97.9 Å². The molecule has 13 heteroatoms. The Kier molecular flexibility index (Phi) is 29.1. The van der Waals surface area contributed by atoms with E-state index in [-0.39, 0.29) is 5.56 Å². The number of aromatic carboxylic acids is 1. The SMILES string of the molecule is CCCCCCCCOc1cccc(OCCCCCCCC)c1-c1c2nc(c(-c3ccc(N(c4ccc(-c5cccs5)cc4)c4ccc(-c5cccs5)cc4)cc3)c3ccc([nH]3)c(-c3c(OCCCCCCCC)cccc3OCCCCCCCC)c3nc(c(C#Cc4ccc(C(=O)O)cc4)c4ccc1[nH]4)C=C3)C=C2. The van der Waals surface area contributed by atoms with E-state index in [0.29, 0.717) is 71.9 Å². The molecular formula is C99H107N5O6S2. The Labute approximate surface area is 670 Å². The van der Waals surface area contributed by atoms with Gasteiger partial charge < -0.3 is 38.9 Å². The van der Waals surface area contributed by atoms with Crippen molar-refractivity contribution in [2.24, 2.45) is 0 Å². The van der Waals surface area contributed by atoms with Crippen LogP contribution in [0.3, 0.4) is 0 Å². The molecule has 0 amide bonds. The van der Waals surface area contributed by atoms with Crippen molar-refractivity contribution in [3.05, 3.63) is 232 Å². The van der Waals surface area contributed by atoms with Crippen LogP contribution in [0.2, 0.25) is 0 Å². The molecule has 0 radical (unpaired) electrons. The number of carboxylic acids is 1. The minimum absolute atomic E-state index is 0.185. The molecule has 0 atom stereocenters. The maximum absolute atomic E-state index is 12.1. The topological polar surface area (TPSA) is 135 Å². The highest BCUT2D eigenvalue weighted by Gasteiger charge is 2.26. The van der Waals surface area contributed by atoms with Gasteiger partial charge in [-0.2, -0.15) is 0 Å². The number of hydrogen-bond donors (Lipinski definition) is 3. The van der Waals surface area contributed by atoms with Crippen LogP contribution in [-0.4, -0.2) is 57.4 Å². The lowest BCUT2D eigenvalue weighted by Gasteiger charge is -2.26. The maximum atomic E-state index is 12.1. The second-order valence-electron chi connectivity index (χ2n) is 29.3. The summed E-state index contributed by atoms with van der Waals surface area (Å²) in [5, 5.41) is 14.2. The summed E-state index contributed by atoms with van der Waals surface area (Å²) in [6.07, 6.45) is 35.6. The number of aromatic nitrogens is 4. The van der Waals surface area contributed by atoms with Crippen LogP contribution >= 0.6 is 22.7 Å². The lowest BCUT2D eigenvalue weighted by Crippen LogP contribution is -2.09. The van der Waals surface area contributed by atoms with Gasteiger partial charge in [-0.3, -0.25) is 0 Å². The second-order valence-corrected chi connectivity index (χ2v) is 31.2. The number of nitrogens with one attached hydrogen (secondary N) is 2. The van der Waals surface area contributed by atoms with E-state index in [0.717, 1.165) is 161 Å². The summed E-state index contributed by atoms with van der Waals surface area (Å²) in [6.45, 7) is 11.2. The number of hydrogen-bond acceptors (Lipinski definition) is 10. The Morgan fingerprint density at radius 1 is 0.357 bits per heavy atom. The molecule has 2 aliphatic rings. The quantitative estimate of drug-likeness (QED) is 0.0253. The Hall–Kier alpha value is -10.7. The fourth-order valence-corrected chi connectivity index (χ4v) is 16.4. The van der Waals surface area contributed by atoms with Crippen molar-refractivity contribution in [1.29, 1.82) is 0 Å². The molecule has 7 heterocycles. The smallest absolute Gasteiger partial charge is 0.335 e. The number of rotatable bonds is 41. The third-order valence-corrected chi connectivity index (χ3v) is 22.8. The number of thiophene rings is 2. The van der Waals surface area contributed by atoms with Gasteiger partial charge in [-0.15, -0.1) is 22.7 Å². The molecule has 0 saturated carbocycles. The van der Waals surface area contributed by atoms with E-state index in [9.17, 15) is 9.90 Å². The first-order valence-corrected chi connectivity index (χ1v) is 43.0. The summed E-state index contributed by atoms with van der Waals surface area (Å²) in [5.74, 6) is 8.88. The van der Waals surface area contributed by atoms with Gasteiger partial charge in [0.15, 0.2) is 0 Å². The monoisotopic (exact) mass is 1530 g/mol. The largest absolute Gasteiger partial charge is 0.493 e. The van der Waals surface area contributed by atoms with E-state index in [4.69, 9.17) is 28.9 Å². The van der Waals surface area contributed by atoms with Gasteiger partial charge in [0.25, 0.3) is 0 Å². The highest BCUT2D eigenvalue weighted by molar-refractivity contribution is 7.13. The van der Waals surface area contributed by atoms with Gasteiger partial charge >= 0.3 is 5.97 Å². The molecule has 0 aliphatic carbocycles. The Balaban J connectivity index is 1.06. The van der Waals surface area contributed by atoms with Crippen LogP contribution in [0.15, 0.2) is 193 Å². The molecule has 576 valence electrons. The summed E-state index contributed by atoms with van der Waals surface area (Å²) >= 11 is 3.49. The number of benzene rings is 6. The molecule has 3 N–H and O–H groups in total. The molecular weight excluding hydrogens is 1420 g/mol. The standard InChI is InChI=1S/C99H107N5O6S2/c1-5-9-13-17-21-25-65-107-88-33-29-34-89(108-66-26-22-18-14-10-6-2)97(88)95-84-59-57-80(100-84)79(56-41-71-39-42-75(43-40-71)99(105)106)81-58-60-85(101-81)96(98-90(109-67-27-23-19-15-11-7-3)35-30-36-91(98)110-68-28-24-20-16-12-8-4)87-64-62-83(103-87)94(82-61-63-86(95)102-82)74-48-54-78(55-49-74)104(76-50-44-72(45-51-76)92-37-31-69-111-92)77-52-46-73(47-53-77)93-38-32-70-112-93/h29-40,42-55,57-64,69-70,100,103H,5-28,65-68H2,1-4H3,(H,105,106). The van der Waals surface area contributed by atoms with E-state index in [1.54, 1.807) is 46.9 Å². The van der Waals surface area contributed by atoms with Gasteiger partial charge in [-0.1, -0.05) is 229 Å². The molecule has 8 bridgehead atoms. The molecule has 112 heavy (non-hydrogen) atoms. The Morgan fingerprint density at radius 3 is 1.10 bits per heavy atom. The zero-order valence-electron chi connectivity index (χ0n) is 65.7. The van der Waals surface area contributed by atoms with Crippen molar-refractivity contribution in [1.82, 2.24) is 19.9 Å². The van der Waals surface area contributed by atoms with Crippen LogP contribution < -0.4 is 23.8 Å². The van der Waals surface area contributed by atoms with Crippen molar-refractivity contribution >= 4 is 92.1 Å². The van der Waals surface area contributed by atoms with Crippen molar-refractivity contribution in [2.75, 3.05) is 31.3 Å². The minimum atomic E-state index is -1.000. The number of aromatic amines is 2. The first kappa shape index (κ1) is 79.4. The molecule has 0 saturated heterocycles. The molecule has 2 aliphatic heterocycles. The minimum Gasteiger partial charge on any atom is -0.493 e. The normalized spacial score (nSPS) is 11.6. The maximum Gasteiger partial charge on any atom is 0.335 e. The van der Waals surface area contributed by atoms with Crippen molar-refractivity contribution in [2.45, 2.75) is 182 Å². The number of anilines is 3. The average molecular weight is 1530 g/mol. The zero-order valence-corrected chi connectivity index (χ0v) is 67.4. The molecule has 6 aromatic carbocycles. The van der Waals surface area contributed by atoms with Gasteiger partial charge in [-0.05, 0) is 199 Å². The first-order chi connectivity index (χ1) is 55.3. The van der Waals surface area contributed by atoms with Crippen molar-refractivity contribution < 1.29 is 28.8 Å². The molecule has 0 unspecified atom stereocenters. The summed E-state index contributed by atoms with van der Waals surface area (Å²) in [4.78, 5) is 36.6. The fourth-order valence-electron chi connectivity index (χ4n) is 14.9. The van der Waals surface area contributed by atoms with Gasteiger partial charge in [0.05, 0.1) is 77.0 Å². The van der Waals surface area contributed by atoms with Crippen LogP contribution in [0.5, 0.6) is 23.0 Å². The van der Waals surface area contributed by atoms with E-state index in [1.807, 2.05) is 0 Å². The van der Waals surface area contributed by atoms with Gasteiger partial charge in [0.2, 0.25) is 0 Å². The summed E-state index contributed by atoms with van der Waals surface area (Å²) in [7, 11) is 0. The number of nitrogens with zero attached hydrogens (tertiary/aromatic N) is 3. The van der Waals surface area contributed by atoms with Crippen molar-refractivity contribution in [3.8, 4) is 89.1 Å². The lowest BCUT2D eigenvalue weighted by atomic mass is 10.0. The van der Waals surface area contributed by atoms with Gasteiger partial charge in [0, 0.05) is 65.6 Å². The molecule has 0 fully saturated rings. The van der Waals surface area contributed by atoms with E-state index in [2.05, 4.69) is 247 Å². The van der Waals surface area contributed by atoms with Gasteiger partial charge in [-0.25, -0.2) is 14.8 Å². The molecule has 5 aromatic heterocycles. The second kappa shape index (κ2) is 41.0. The Morgan fingerprint density at radius 2 is 0.705 bits per heavy atom. The molecule has 0 spiro atoms. The highest BCUT2D eigenvalue weighted by Crippen LogP contribution is 2.48. The number of unbranched alkanes of at least 4 members (excludes halogenated alkanes) is 20. The van der Waals surface area contributed by atoms with E-state index < -0.39 is 5.97 Å². The number of ether oxygens (including phenoxy) is 4. The summed E-state index contributed by atoms with van der Waals surface area (Å²) in [5.41, 5.74) is 17.9. The third kappa shape index (κ3) is 20.5. The lowest BCUT2D eigenvalue weighted by molar-refractivity contribution is 0.0696. The summed E-state index contributed by atoms with van der Waals surface area (Å²) in [6, 6.07) is 63.0. The van der Waals surface area contributed by atoms with Crippen LogP contribution in [0, 0.1) is 11.8 Å². The van der Waals surface area contributed by atoms with E-state index >= 15 is 0 Å².